The minimum atomic E-state index is -2.07. The van der Waals surface area contributed by atoms with Crippen LogP contribution in [-0.4, -0.2) is 27.2 Å². The second-order valence-corrected chi connectivity index (χ2v) is 4.84. The van der Waals surface area contributed by atoms with Gasteiger partial charge in [-0.25, -0.2) is 8.60 Å². The Hall–Kier alpha value is -0.780. The highest BCUT2D eigenvalue weighted by atomic mass is 32.2. The van der Waals surface area contributed by atoms with E-state index in [0.29, 0.717) is 0 Å². The molecule has 96 valence electrons. The predicted molar refractivity (Wildman–Crippen MR) is 68.0 cm³/mol. The molecule has 0 fully saturated rings. The van der Waals surface area contributed by atoms with Crippen molar-refractivity contribution in [3.8, 4) is 0 Å². The third kappa shape index (κ3) is 5.39. The third-order valence-corrected chi connectivity index (χ3v) is 3.17. The van der Waals surface area contributed by atoms with Gasteiger partial charge in [0.05, 0.1) is 5.75 Å². The van der Waals surface area contributed by atoms with Crippen molar-refractivity contribution in [2.24, 2.45) is 0 Å². The van der Waals surface area contributed by atoms with Crippen LogP contribution in [-0.2, 0) is 11.1 Å². The Morgan fingerprint density at radius 1 is 1.41 bits per heavy atom. The SMILES string of the molecule is CCC(NCC(F)CS(=O)O)c1ccccc1. The highest BCUT2D eigenvalue weighted by Gasteiger charge is 2.13. The minimum Gasteiger partial charge on any atom is -0.307 e. The molecule has 3 unspecified atom stereocenters. The molecule has 1 aromatic carbocycles. The Balaban J connectivity index is 2.46. The lowest BCUT2D eigenvalue weighted by molar-refractivity contribution is 0.327. The van der Waals surface area contributed by atoms with Crippen LogP contribution in [0.2, 0.25) is 0 Å². The zero-order chi connectivity index (χ0) is 12.7. The standard InChI is InChI=1S/C12H18FNO2S/c1-2-12(10-6-4-3-5-7-10)14-8-11(13)9-17(15)16/h3-7,11-12,14H,2,8-9H2,1H3,(H,15,16). The summed E-state index contributed by atoms with van der Waals surface area (Å²) in [6.45, 7) is 2.11. The van der Waals surface area contributed by atoms with E-state index in [2.05, 4.69) is 5.32 Å². The lowest BCUT2D eigenvalue weighted by atomic mass is 10.0. The van der Waals surface area contributed by atoms with Gasteiger partial charge < -0.3 is 9.87 Å². The van der Waals surface area contributed by atoms with Gasteiger partial charge in [-0.1, -0.05) is 37.3 Å². The molecule has 0 saturated carbocycles. The van der Waals surface area contributed by atoms with Gasteiger partial charge in [0.15, 0.2) is 11.1 Å². The van der Waals surface area contributed by atoms with Gasteiger partial charge in [0.1, 0.15) is 6.17 Å². The summed E-state index contributed by atoms with van der Waals surface area (Å²) in [6, 6.07) is 9.87. The number of hydrogen-bond acceptors (Lipinski definition) is 2. The second kappa shape index (κ2) is 7.53. The first-order chi connectivity index (χ1) is 8.13. The van der Waals surface area contributed by atoms with Crippen molar-refractivity contribution in [3.63, 3.8) is 0 Å². The van der Waals surface area contributed by atoms with E-state index in [-0.39, 0.29) is 18.3 Å². The number of nitrogens with one attached hydrogen (secondary N) is 1. The highest BCUT2D eigenvalue weighted by molar-refractivity contribution is 7.79. The smallest absolute Gasteiger partial charge is 0.155 e. The Morgan fingerprint density at radius 2 is 2.06 bits per heavy atom. The van der Waals surface area contributed by atoms with Crippen LogP contribution >= 0.6 is 0 Å². The number of hydrogen-bond donors (Lipinski definition) is 2. The van der Waals surface area contributed by atoms with E-state index >= 15 is 0 Å². The van der Waals surface area contributed by atoms with Crippen molar-refractivity contribution in [1.82, 2.24) is 5.32 Å². The van der Waals surface area contributed by atoms with Gasteiger partial charge in [-0.2, -0.15) is 0 Å². The van der Waals surface area contributed by atoms with Crippen LogP contribution < -0.4 is 5.32 Å². The van der Waals surface area contributed by atoms with Gasteiger partial charge in [0, 0.05) is 12.6 Å². The summed E-state index contributed by atoms with van der Waals surface area (Å²) < 4.78 is 32.3. The maximum Gasteiger partial charge on any atom is 0.155 e. The molecule has 0 radical (unpaired) electrons. The molecule has 0 heterocycles. The fourth-order valence-electron chi connectivity index (χ4n) is 1.67. The van der Waals surface area contributed by atoms with Crippen LogP contribution in [0.4, 0.5) is 4.39 Å². The topological polar surface area (TPSA) is 49.3 Å². The molecule has 1 rings (SSSR count). The number of alkyl halides is 1. The molecule has 0 aliphatic rings. The second-order valence-electron chi connectivity index (χ2n) is 3.87. The Bertz CT molecular complexity index is 348. The fourth-order valence-corrected chi connectivity index (χ4v) is 2.09. The summed E-state index contributed by atoms with van der Waals surface area (Å²) in [7, 11) is 0. The number of benzene rings is 1. The van der Waals surface area contributed by atoms with Crippen LogP contribution in [0.3, 0.4) is 0 Å². The van der Waals surface area contributed by atoms with Crippen molar-refractivity contribution in [1.29, 1.82) is 0 Å². The van der Waals surface area contributed by atoms with E-state index in [0.717, 1.165) is 12.0 Å². The van der Waals surface area contributed by atoms with E-state index in [1.807, 2.05) is 37.3 Å². The quantitative estimate of drug-likeness (QED) is 0.739. The summed E-state index contributed by atoms with van der Waals surface area (Å²) in [5.41, 5.74) is 1.10. The summed E-state index contributed by atoms with van der Waals surface area (Å²) >= 11 is -2.07. The molecule has 1 aromatic rings. The van der Waals surface area contributed by atoms with Crippen LogP contribution in [0.5, 0.6) is 0 Å². The van der Waals surface area contributed by atoms with Crippen molar-refractivity contribution < 1.29 is 13.2 Å². The van der Waals surface area contributed by atoms with Gasteiger partial charge in [0.2, 0.25) is 0 Å². The molecule has 0 aliphatic carbocycles. The van der Waals surface area contributed by atoms with Crippen LogP contribution in [0.1, 0.15) is 24.9 Å². The maximum absolute atomic E-state index is 13.3. The molecule has 0 aromatic heterocycles. The van der Waals surface area contributed by atoms with E-state index in [4.69, 9.17) is 4.55 Å². The first-order valence-corrected chi connectivity index (χ1v) is 6.91. The summed E-state index contributed by atoms with van der Waals surface area (Å²) in [5, 5.41) is 3.07. The number of rotatable bonds is 7. The molecule has 17 heavy (non-hydrogen) atoms. The van der Waals surface area contributed by atoms with Crippen molar-refractivity contribution >= 4 is 11.1 Å². The third-order valence-electron chi connectivity index (χ3n) is 2.52. The summed E-state index contributed by atoms with van der Waals surface area (Å²) in [6.07, 6.45) is -0.447. The van der Waals surface area contributed by atoms with Gasteiger partial charge in [0.25, 0.3) is 0 Å². The Labute approximate surface area is 104 Å². The summed E-state index contributed by atoms with van der Waals surface area (Å²) in [5.74, 6) is -0.335. The van der Waals surface area contributed by atoms with Gasteiger partial charge in [-0.05, 0) is 12.0 Å². The predicted octanol–water partition coefficient (Wildman–Crippen LogP) is 2.29. The van der Waals surface area contributed by atoms with Gasteiger partial charge in [-0.3, -0.25) is 0 Å². The molecule has 0 aliphatic heterocycles. The first kappa shape index (κ1) is 14.3. The maximum atomic E-state index is 13.3. The zero-order valence-electron chi connectivity index (χ0n) is 9.80. The Morgan fingerprint density at radius 3 is 2.59 bits per heavy atom. The molecule has 0 saturated heterocycles. The molecule has 0 spiro atoms. The van der Waals surface area contributed by atoms with Crippen LogP contribution in [0, 0.1) is 0 Å². The average molecular weight is 259 g/mol. The largest absolute Gasteiger partial charge is 0.307 e. The first-order valence-electron chi connectivity index (χ1n) is 5.63. The molecular weight excluding hydrogens is 241 g/mol. The van der Waals surface area contributed by atoms with Crippen LogP contribution in [0.15, 0.2) is 30.3 Å². The lowest BCUT2D eigenvalue weighted by Gasteiger charge is -2.18. The molecule has 2 N–H and O–H groups in total. The normalized spacial score (nSPS) is 16.4. The fraction of sp³-hybridized carbons (Fsp3) is 0.500. The van der Waals surface area contributed by atoms with E-state index < -0.39 is 17.3 Å². The van der Waals surface area contributed by atoms with Crippen molar-refractivity contribution in [2.45, 2.75) is 25.6 Å². The molecule has 3 nitrogen and oxygen atoms in total. The molecule has 3 atom stereocenters. The number of halogens is 1. The van der Waals surface area contributed by atoms with Gasteiger partial charge in [-0.15, -0.1) is 0 Å². The zero-order valence-corrected chi connectivity index (χ0v) is 10.6. The molecule has 0 amide bonds. The molecule has 0 bridgehead atoms. The monoisotopic (exact) mass is 259 g/mol. The molecule has 5 heteroatoms. The van der Waals surface area contributed by atoms with E-state index in [9.17, 15) is 8.60 Å². The lowest BCUT2D eigenvalue weighted by Crippen LogP contribution is -2.30. The van der Waals surface area contributed by atoms with Crippen molar-refractivity contribution in [3.05, 3.63) is 35.9 Å². The van der Waals surface area contributed by atoms with Gasteiger partial charge >= 0.3 is 0 Å². The average Bonchev–Trinajstić information content (AvgIpc) is 2.30. The van der Waals surface area contributed by atoms with Crippen molar-refractivity contribution in [2.75, 3.05) is 12.3 Å². The summed E-state index contributed by atoms with van der Waals surface area (Å²) in [4.78, 5) is 0. The molecular formula is C12H18FNO2S. The van der Waals surface area contributed by atoms with E-state index in [1.54, 1.807) is 0 Å². The van der Waals surface area contributed by atoms with E-state index in [1.165, 1.54) is 0 Å². The van der Waals surface area contributed by atoms with Crippen LogP contribution in [0.25, 0.3) is 0 Å². The minimum absolute atomic E-state index is 0.0848. The Kier molecular flexibility index (Phi) is 6.32. The highest BCUT2D eigenvalue weighted by Crippen LogP contribution is 2.15.